The summed E-state index contributed by atoms with van der Waals surface area (Å²) in [6, 6.07) is 23.4. The second-order valence-corrected chi connectivity index (χ2v) is 28.4. The van der Waals surface area contributed by atoms with E-state index >= 15 is 0 Å². The van der Waals surface area contributed by atoms with E-state index in [2.05, 4.69) is 40.7 Å². The first-order valence-corrected chi connectivity index (χ1v) is 38.2. The number of hydrogen-bond donors (Lipinski definition) is 3. The first-order chi connectivity index (χ1) is 58.1. The van der Waals surface area contributed by atoms with E-state index in [4.69, 9.17) is 69.6 Å². The average Bonchev–Trinajstić information content (AvgIpc) is 1.52. The molecule has 3 N–H and O–H groups in total. The molecule has 0 spiro atoms. The van der Waals surface area contributed by atoms with Crippen LogP contribution < -0.4 is 14.2 Å². The van der Waals surface area contributed by atoms with Crippen molar-refractivity contribution in [3.63, 3.8) is 0 Å². The average molecular weight is 1720 g/mol. The molecule has 39 heteroatoms. The minimum atomic E-state index is -1.61. The number of aliphatic hydroxyl groups excluding tert-OH is 3. The third kappa shape index (κ3) is 23.4. The maximum absolute atomic E-state index is 13.8. The lowest BCUT2D eigenvalue weighted by Gasteiger charge is -2.45. The zero-order chi connectivity index (χ0) is 89.7. The lowest BCUT2D eigenvalue weighted by molar-refractivity contribution is -0.256. The summed E-state index contributed by atoms with van der Waals surface area (Å²) in [6.07, 6.45) is -0.0259. The van der Waals surface area contributed by atoms with E-state index in [0.29, 0.717) is 29.9 Å². The molecule has 12 rings (SSSR count). The minimum Gasteiger partial charge on any atom is -0.497 e. The molecule has 0 saturated carbocycles. The van der Waals surface area contributed by atoms with Crippen LogP contribution in [0, 0.1) is 82.5 Å². The molecule has 4 fully saturated rings. The summed E-state index contributed by atoms with van der Waals surface area (Å²) in [7, 11) is 4.68. The van der Waals surface area contributed by atoms with Crippen molar-refractivity contribution in [2.45, 2.75) is 192 Å². The number of nitrogens with zero attached hydrogens (tertiary/aromatic N) is 12. The van der Waals surface area contributed by atoms with Crippen LogP contribution in [0.15, 0.2) is 132 Å². The van der Waals surface area contributed by atoms with Crippen LogP contribution in [0.4, 0.5) is 39.5 Å². The Morgan fingerprint density at radius 3 is 1.18 bits per heavy atom. The number of carbonyl (C=O) groups excluding carboxylic acids is 4. The number of ether oxygens (including phenoxy) is 11. The Balaban J connectivity index is 0.000000197. The number of hydrogen-bond acceptors (Lipinski definition) is 24. The Hall–Kier alpha value is -11.9. The molecule has 8 aromatic rings. The number of aliphatic hydroxyl groups is 3. The molecule has 654 valence electrons. The van der Waals surface area contributed by atoms with Crippen LogP contribution in [0.3, 0.4) is 0 Å². The van der Waals surface area contributed by atoms with Crippen molar-refractivity contribution in [3.05, 3.63) is 217 Å². The molecule has 0 bridgehead atoms. The molecule has 4 saturated heterocycles. The molecule has 6 aromatic carbocycles. The van der Waals surface area contributed by atoms with Crippen molar-refractivity contribution in [1.29, 1.82) is 0 Å². The number of methoxy groups -OCH3 is 3. The molecule has 4 aliphatic rings. The number of halogens is 9. The van der Waals surface area contributed by atoms with Gasteiger partial charge in [-0.2, -0.15) is 0 Å². The summed E-state index contributed by atoms with van der Waals surface area (Å²) >= 11 is 0. The second kappa shape index (κ2) is 44.1. The summed E-state index contributed by atoms with van der Waals surface area (Å²) in [6.45, 7) is 16.3. The van der Waals surface area contributed by atoms with Gasteiger partial charge in [-0.15, -0.1) is 16.6 Å². The highest BCUT2D eigenvalue weighted by atomic mass is 19.2. The van der Waals surface area contributed by atoms with Crippen molar-refractivity contribution in [1.82, 2.24) is 30.0 Å². The molecular weight excluding hydrogens is 1620 g/mol. The summed E-state index contributed by atoms with van der Waals surface area (Å²) in [5, 5.41) is 54.9. The van der Waals surface area contributed by atoms with E-state index in [0.717, 1.165) is 64.4 Å². The Kier molecular flexibility index (Phi) is 34.6. The molecule has 0 radical (unpaired) electrons. The van der Waals surface area contributed by atoms with Crippen molar-refractivity contribution in [2.75, 3.05) is 27.9 Å². The van der Waals surface area contributed by atoms with Gasteiger partial charge in [0.05, 0.1) is 76.8 Å². The van der Waals surface area contributed by atoms with E-state index in [1.165, 1.54) is 51.9 Å². The number of carbonyl (C=O) groups is 4. The molecule has 4 aliphatic heterocycles. The highest BCUT2D eigenvalue weighted by Crippen LogP contribution is 2.46. The van der Waals surface area contributed by atoms with Crippen LogP contribution in [0.5, 0.6) is 17.2 Å². The Bertz CT molecular complexity index is 4960. The zero-order valence-corrected chi connectivity index (χ0v) is 68.2. The largest absolute Gasteiger partial charge is 0.497 e. The summed E-state index contributed by atoms with van der Waals surface area (Å²) < 4.78 is 182. The van der Waals surface area contributed by atoms with Crippen molar-refractivity contribution >= 4 is 23.9 Å². The number of benzene rings is 6. The first kappa shape index (κ1) is 95.6. The van der Waals surface area contributed by atoms with Crippen LogP contribution >= 0.6 is 0 Å². The molecule has 20 atom stereocenters. The minimum absolute atomic E-state index is 0.00441. The summed E-state index contributed by atoms with van der Waals surface area (Å²) in [5.41, 5.74) is 19.9. The molecular formula is C83H91F9N12O18. The number of azide groups is 2. The van der Waals surface area contributed by atoms with Gasteiger partial charge < -0.3 is 67.4 Å². The first-order valence-electron chi connectivity index (χ1n) is 38.2. The van der Waals surface area contributed by atoms with Crippen molar-refractivity contribution < 1.29 is 126 Å². The summed E-state index contributed by atoms with van der Waals surface area (Å²) in [4.78, 5) is 51.7. The van der Waals surface area contributed by atoms with E-state index in [1.54, 1.807) is 50.6 Å². The second-order valence-electron chi connectivity index (χ2n) is 28.4. The highest BCUT2D eigenvalue weighted by molar-refractivity contribution is 5.68. The van der Waals surface area contributed by atoms with E-state index < -0.39 is 168 Å². The van der Waals surface area contributed by atoms with Crippen LogP contribution in [-0.2, 0) is 57.1 Å². The summed E-state index contributed by atoms with van der Waals surface area (Å²) in [5.74, 6) is -11.0. The molecule has 6 heterocycles. The van der Waals surface area contributed by atoms with Crippen molar-refractivity contribution in [2.24, 2.45) is 28.0 Å². The molecule has 30 nitrogen and oxygen atoms in total. The normalized spacial score (nSPS) is 25.7. The maximum Gasteiger partial charge on any atom is 0.305 e. The van der Waals surface area contributed by atoms with Crippen molar-refractivity contribution in [3.8, 4) is 52.1 Å². The highest BCUT2D eigenvalue weighted by Gasteiger charge is 2.51. The van der Waals surface area contributed by atoms with Gasteiger partial charge in [0, 0.05) is 60.1 Å². The fourth-order valence-corrected chi connectivity index (χ4v) is 14.5. The fourth-order valence-electron chi connectivity index (χ4n) is 14.5. The third-order valence-electron chi connectivity index (χ3n) is 20.5. The Morgan fingerprint density at radius 1 is 0.475 bits per heavy atom. The number of rotatable bonds is 20. The Labute approximate surface area is 694 Å². The quantitative estimate of drug-likeness (QED) is 0.00932. The molecule has 122 heavy (non-hydrogen) atoms. The topological polar surface area (TPSA) is 389 Å². The monoisotopic (exact) mass is 1710 g/mol. The van der Waals surface area contributed by atoms with Gasteiger partial charge in [-0.25, -0.2) is 48.9 Å². The molecule has 2 aromatic heterocycles. The fraction of sp³-hybridized carbons (Fsp3) is 0.446. The number of esters is 4. The Morgan fingerprint density at radius 2 is 0.811 bits per heavy atom. The maximum atomic E-state index is 13.8. The standard InChI is InChI=1S/C25H26F3N3O4.C21H20F3N3O5.C17H23N3O4.C12H19N3O5.C8H3F3/c1-5-21-13(2)23(31-12-20(29-30-31)16-10-18(26)22(28)19(27)11-16)25(34-14(3)32)24(35-21)15-6-8-17(33-4)9-7-15;1-31-12-4-2-10(3-5-12)21-20(30)18(19(29)16(9-28)32-21)27-8-15(25-26-27)11-6-13(22)17(24)14(23)7-11;1-5-14-10(2)15(19-20-18)17(23-11(3)21)16(24-14)12-6-8-13(22-4)9-7-12;1-5-9-6(2)10(14-15-13)11(18-7(3)16)12(20-9)19-8(4)17;1-2-5-3-6(9)8(11)7(10)4-5/h6-13,21,23-25H,5H2,1-4H3;2-8,16,18-21,28-30H,9H2,1H3;6-10,14-17H,5H2,1-4H3;6,9-12H,5H2,1-4H3;1,3-4H/t13-,21+,23-,24-,25+;16-,18+,19+,20-,21+;10-,14+,15-,16-,17+;6-,9+,10-,11+,12?;/m0100./s1. The number of aromatic nitrogens is 6. The lowest BCUT2D eigenvalue weighted by Crippen LogP contribution is -2.55. The van der Waals surface area contributed by atoms with Gasteiger partial charge >= 0.3 is 23.9 Å². The van der Waals surface area contributed by atoms with Crippen LogP contribution in [-0.4, -0.2) is 170 Å². The van der Waals surface area contributed by atoms with Gasteiger partial charge in [-0.05, 0) is 132 Å². The van der Waals surface area contributed by atoms with E-state index in [-0.39, 0.29) is 64.1 Å². The van der Waals surface area contributed by atoms with Gasteiger partial charge in [-0.3, -0.25) is 19.2 Å². The van der Waals surface area contributed by atoms with Gasteiger partial charge in [0.25, 0.3) is 0 Å². The van der Waals surface area contributed by atoms with E-state index in [1.807, 2.05) is 83.9 Å². The lowest BCUT2D eigenvalue weighted by atomic mass is 9.82. The van der Waals surface area contributed by atoms with Gasteiger partial charge in [0.1, 0.15) is 77.4 Å². The zero-order valence-electron chi connectivity index (χ0n) is 68.2. The molecule has 0 amide bonds. The van der Waals surface area contributed by atoms with Gasteiger partial charge in [0.15, 0.2) is 64.6 Å². The van der Waals surface area contributed by atoms with Gasteiger partial charge in [-0.1, -0.05) is 105 Å². The molecule has 1 unspecified atom stereocenters. The van der Waals surface area contributed by atoms with Gasteiger partial charge in [0.2, 0.25) is 6.29 Å². The van der Waals surface area contributed by atoms with Crippen LogP contribution in [0.25, 0.3) is 43.4 Å². The SMILES string of the molecule is C#Cc1cc(F)c(F)c(F)c1.CC[C@H]1OC(OC(C)=O)[C@H](OC(C)=O)[C@@H](N=[N+]=[N-])[C@H]1C.CC[C@H]1O[C@@H](c2ccc(OC)cc2)[C@H](OC(C)=O)[C@@H](N=[N+]=[N-])[C@H]1C.CC[C@H]1O[C@@H](c2ccc(OC)cc2)[C@H](OC(C)=O)[C@@H](n2cc(-c3cc(F)c(F)c(F)c3)nn2)[C@H]1C.COc1ccc([C@@H]2O[C@H](CO)[C@H](O)[C@H](n3cc(-c4cc(F)c(F)c(F)c4)nn3)[C@H]2O)cc1. The van der Waals surface area contributed by atoms with E-state index in [9.17, 15) is 74.0 Å². The third-order valence-corrected chi connectivity index (χ3v) is 20.5. The smallest absolute Gasteiger partial charge is 0.305 e. The number of terminal acetylenes is 1. The predicted octanol–water partition coefficient (Wildman–Crippen LogP) is 14.6. The molecule has 0 aliphatic carbocycles. The predicted molar refractivity (Wildman–Crippen MR) is 415 cm³/mol. The van der Waals surface area contributed by atoms with Crippen LogP contribution in [0.1, 0.15) is 141 Å². The van der Waals surface area contributed by atoms with Crippen LogP contribution in [0.2, 0.25) is 0 Å².